The molecule has 0 fully saturated rings. The molecular weight excluding hydrogens is 727 g/mol. The van der Waals surface area contributed by atoms with E-state index in [-0.39, 0.29) is 50.5 Å². The zero-order chi connectivity index (χ0) is 42.7. The molecule has 0 radical (unpaired) electrons. The molecule has 0 rings (SSSR count). The van der Waals surface area contributed by atoms with E-state index < -0.39 is 41.6 Å². The molecule has 0 aromatic carbocycles. The molecule has 0 aliphatic carbocycles. The van der Waals surface area contributed by atoms with E-state index in [1.807, 2.05) is 14.1 Å². The van der Waals surface area contributed by atoms with Gasteiger partial charge in [0.1, 0.15) is 6.61 Å². The maximum Gasteiger partial charge on any atom is 0.306 e. The number of carbonyl (C=O) groups excluding carboxylic acids is 3. The van der Waals surface area contributed by atoms with Crippen LogP contribution in [0.2, 0.25) is 0 Å². The minimum absolute atomic E-state index is 0.0297. The summed E-state index contributed by atoms with van der Waals surface area (Å²) in [7, 11) is 3.98. The van der Waals surface area contributed by atoms with Gasteiger partial charge in [0.25, 0.3) is 0 Å². The van der Waals surface area contributed by atoms with Gasteiger partial charge in [-0.05, 0) is 83.8 Å². The minimum atomic E-state index is -1.26. The number of unbranched alkanes of at least 4 members (excludes halogenated alkanes) is 11. The number of carboxylic acids is 2. The maximum atomic E-state index is 14.1. The Balaban J connectivity index is 7.25. The highest BCUT2D eigenvalue weighted by Crippen LogP contribution is 2.41. The van der Waals surface area contributed by atoms with E-state index in [1.54, 1.807) is 0 Å². The number of rotatable bonds is 40. The van der Waals surface area contributed by atoms with Gasteiger partial charge in [-0.25, -0.2) is 0 Å². The van der Waals surface area contributed by atoms with Crippen LogP contribution in [0, 0.1) is 11.8 Å². The highest BCUT2D eigenvalue weighted by atomic mass is 16.6. The molecule has 57 heavy (non-hydrogen) atoms. The lowest BCUT2D eigenvalue weighted by molar-refractivity contribution is -0.203. The van der Waals surface area contributed by atoms with Gasteiger partial charge in [0.2, 0.25) is 0 Å². The van der Waals surface area contributed by atoms with E-state index in [1.165, 1.54) is 0 Å². The van der Waals surface area contributed by atoms with E-state index >= 15 is 0 Å². The second kappa shape index (κ2) is 35.3. The Labute approximate surface area is 347 Å². The molecule has 0 amide bonds. The highest BCUT2D eigenvalue weighted by molar-refractivity contribution is 5.72. The van der Waals surface area contributed by atoms with Gasteiger partial charge >= 0.3 is 29.8 Å². The molecule has 334 valence electrons. The van der Waals surface area contributed by atoms with Crippen molar-refractivity contribution in [2.24, 2.45) is 11.8 Å². The zero-order valence-electron chi connectivity index (χ0n) is 37.3. The summed E-state index contributed by atoms with van der Waals surface area (Å²) in [6.07, 6.45) is 19.6. The molecule has 0 aromatic heterocycles. The topological polar surface area (TPSA) is 157 Å². The molecule has 0 heterocycles. The predicted molar refractivity (Wildman–Crippen MR) is 227 cm³/mol. The number of hydrogen-bond acceptors (Lipinski definition) is 9. The van der Waals surface area contributed by atoms with Crippen molar-refractivity contribution in [2.45, 2.75) is 226 Å². The fourth-order valence-electron chi connectivity index (χ4n) is 7.69. The SMILES string of the molecule is CCCCCCC(CCCC)CC(CC(CCCC)CCCCCC)(OC(=O)CCCCC(=O)O)C(COC(=O)CCCCC(=O)O)OC(=O)CCCCN(C)C. The van der Waals surface area contributed by atoms with Gasteiger partial charge in [-0.3, -0.25) is 24.0 Å². The molecule has 0 aromatic rings. The molecule has 3 atom stereocenters. The first-order chi connectivity index (χ1) is 27.3. The van der Waals surface area contributed by atoms with Crippen molar-refractivity contribution in [3.8, 4) is 0 Å². The van der Waals surface area contributed by atoms with Crippen molar-refractivity contribution in [2.75, 3.05) is 27.2 Å². The molecule has 0 aliphatic rings. The number of nitrogens with zero attached hydrogens (tertiary/aromatic N) is 1. The number of carbonyl (C=O) groups is 5. The van der Waals surface area contributed by atoms with Crippen molar-refractivity contribution in [3.05, 3.63) is 0 Å². The summed E-state index contributed by atoms with van der Waals surface area (Å²) in [5, 5.41) is 18.3. The lowest BCUT2D eigenvalue weighted by Crippen LogP contribution is -2.53. The lowest BCUT2D eigenvalue weighted by Gasteiger charge is -2.43. The molecular formula is C46H85NO10. The minimum Gasteiger partial charge on any atom is -0.481 e. The van der Waals surface area contributed by atoms with Gasteiger partial charge in [0, 0.05) is 32.1 Å². The maximum absolute atomic E-state index is 14.1. The summed E-state index contributed by atoms with van der Waals surface area (Å²) in [6, 6.07) is 0. The normalized spacial score (nSPS) is 14.1. The summed E-state index contributed by atoms with van der Waals surface area (Å²) in [5.41, 5.74) is -1.26. The van der Waals surface area contributed by atoms with E-state index in [2.05, 4.69) is 32.6 Å². The number of hydrogen-bond donors (Lipinski definition) is 2. The Bertz CT molecular complexity index is 1040. The molecule has 0 saturated carbocycles. The third kappa shape index (κ3) is 30.1. The molecule has 0 aliphatic heterocycles. The molecule has 0 saturated heterocycles. The van der Waals surface area contributed by atoms with Crippen molar-refractivity contribution >= 4 is 29.8 Å². The first kappa shape index (κ1) is 54.3. The van der Waals surface area contributed by atoms with E-state index in [9.17, 15) is 29.1 Å². The van der Waals surface area contributed by atoms with E-state index in [0.717, 1.165) is 116 Å². The lowest BCUT2D eigenvalue weighted by atomic mass is 9.74. The van der Waals surface area contributed by atoms with Crippen LogP contribution in [0.4, 0.5) is 0 Å². The van der Waals surface area contributed by atoms with Crippen LogP contribution >= 0.6 is 0 Å². The van der Waals surface area contributed by atoms with Crippen LogP contribution in [0.1, 0.15) is 214 Å². The van der Waals surface area contributed by atoms with Gasteiger partial charge in [-0.2, -0.15) is 0 Å². The highest BCUT2D eigenvalue weighted by Gasteiger charge is 2.48. The quantitative estimate of drug-likeness (QED) is 0.0345. The Morgan fingerprint density at radius 2 is 0.930 bits per heavy atom. The van der Waals surface area contributed by atoms with Gasteiger partial charge in [0.05, 0.1) is 0 Å². The summed E-state index contributed by atoms with van der Waals surface area (Å²) in [5.74, 6) is -2.85. The van der Waals surface area contributed by atoms with Crippen LogP contribution in [0.15, 0.2) is 0 Å². The van der Waals surface area contributed by atoms with E-state index in [4.69, 9.17) is 19.3 Å². The Morgan fingerprint density at radius 3 is 1.39 bits per heavy atom. The largest absolute Gasteiger partial charge is 0.481 e. The second-order valence-electron chi connectivity index (χ2n) is 16.8. The van der Waals surface area contributed by atoms with Crippen molar-refractivity contribution in [3.63, 3.8) is 0 Å². The van der Waals surface area contributed by atoms with Gasteiger partial charge in [-0.15, -0.1) is 0 Å². The molecule has 2 N–H and O–H groups in total. The summed E-state index contributed by atoms with van der Waals surface area (Å²) >= 11 is 0. The number of aliphatic carboxylic acids is 2. The Hall–Kier alpha value is -2.69. The average Bonchev–Trinajstić information content (AvgIpc) is 3.16. The molecule has 0 bridgehead atoms. The van der Waals surface area contributed by atoms with Crippen LogP contribution in [-0.4, -0.2) is 83.9 Å². The van der Waals surface area contributed by atoms with Crippen LogP contribution in [0.3, 0.4) is 0 Å². The monoisotopic (exact) mass is 812 g/mol. The van der Waals surface area contributed by atoms with Gasteiger partial charge in [0.15, 0.2) is 11.7 Å². The first-order valence-corrected chi connectivity index (χ1v) is 23.0. The van der Waals surface area contributed by atoms with Gasteiger partial charge in [-0.1, -0.05) is 130 Å². The van der Waals surface area contributed by atoms with Gasteiger partial charge < -0.3 is 29.3 Å². The molecule has 3 unspecified atom stereocenters. The van der Waals surface area contributed by atoms with Crippen molar-refractivity contribution in [1.29, 1.82) is 0 Å². The smallest absolute Gasteiger partial charge is 0.306 e. The third-order valence-electron chi connectivity index (χ3n) is 11.0. The number of ether oxygens (including phenoxy) is 3. The summed E-state index contributed by atoms with van der Waals surface area (Å²) in [6.45, 7) is 9.30. The second-order valence-corrected chi connectivity index (χ2v) is 16.8. The van der Waals surface area contributed by atoms with Crippen LogP contribution in [-0.2, 0) is 38.2 Å². The summed E-state index contributed by atoms with van der Waals surface area (Å²) in [4.78, 5) is 65.5. The van der Waals surface area contributed by atoms with Crippen LogP contribution in [0.25, 0.3) is 0 Å². The predicted octanol–water partition coefficient (Wildman–Crippen LogP) is 11.1. The van der Waals surface area contributed by atoms with Crippen molar-refractivity contribution < 1.29 is 48.4 Å². The van der Waals surface area contributed by atoms with Crippen LogP contribution < -0.4 is 0 Å². The Kier molecular flexibility index (Phi) is 33.6. The first-order valence-electron chi connectivity index (χ1n) is 23.0. The van der Waals surface area contributed by atoms with E-state index in [0.29, 0.717) is 44.9 Å². The summed E-state index contributed by atoms with van der Waals surface area (Å²) < 4.78 is 19.1. The average molecular weight is 812 g/mol. The fourth-order valence-corrected chi connectivity index (χ4v) is 7.69. The molecule has 0 spiro atoms. The number of esters is 3. The number of carboxylic acid groups (broad SMARTS) is 2. The Morgan fingerprint density at radius 1 is 0.509 bits per heavy atom. The standard InChI is InChI=1S/C46H85NO10/c1-7-11-15-17-27-38(25-13-9-3)35-46(57-45(54)33-22-20-30-42(50)51,36-39(26-14-10-4)28-18-16-12-8-2)40(56-44(53)32-23-24-34-47(5)6)37-55-43(52)31-21-19-29-41(48)49/h38-40H,7-37H2,1-6H3,(H,48,49)(H,50,51). The fraction of sp³-hybridized carbons (Fsp3) is 0.891. The third-order valence-corrected chi connectivity index (χ3v) is 11.0. The van der Waals surface area contributed by atoms with Crippen LogP contribution in [0.5, 0.6) is 0 Å². The molecule has 11 nitrogen and oxygen atoms in total. The van der Waals surface area contributed by atoms with Crippen molar-refractivity contribution in [1.82, 2.24) is 4.90 Å². The molecule has 11 heteroatoms. The zero-order valence-corrected chi connectivity index (χ0v) is 37.3.